The summed E-state index contributed by atoms with van der Waals surface area (Å²) in [4.78, 5) is 33.1. The van der Waals surface area contributed by atoms with E-state index in [1.54, 1.807) is 32.0 Å². The van der Waals surface area contributed by atoms with E-state index in [-0.39, 0.29) is 17.7 Å². The summed E-state index contributed by atoms with van der Waals surface area (Å²) in [5, 5.41) is 24.7. The normalized spacial score (nSPS) is 11.1. The molecule has 9 heteroatoms. The number of carbonyl (C=O) groups excluding carboxylic acids is 1. The van der Waals surface area contributed by atoms with Crippen LogP contribution in [0.5, 0.6) is 0 Å². The van der Waals surface area contributed by atoms with Crippen LogP contribution in [0.1, 0.15) is 35.3 Å². The van der Waals surface area contributed by atoms with E-state index in [2.05, 4.69) is 5.32 Å². The lowest BCUT2D eigenvalue weighted by Crippen LogP contribution is -2.37. The van der Waals surface area contributed by atoms with Gasteiger partial charge < -0.3 is 5.32 Å². The molecule has 142 valence electrons. The van der Waals surface area contributed by atoms with Crippen LogP contribution in [-0.2, 0) is 5.41 Å². The maximum absolute atomic E-state index is 14.0. The first-order valence-corrected chi connectivity index (χ1v) is 8.01. The Morgan fingerprint density at radius 3 is 2.33 bits per heavy atom. The largest absolute Gasteiger partial charge is 0.351 e. The van der Waals surface area contributed by atoms with E-state index in [1.807, 2.05) is 0 Å². The van der Waals surface area contributed by atoms with Gasteiger partial charge in [-0.05, 0) is 18.6 Å². The fourth-order valence-corrected chi connectivity index (χ4v) is 2.72. The highest BCUT2D eigenvalue weighted by atomic mass is 19.1. The molecule has 0 saturated heterocycles. The smallest absolute Gasteiger partial charge is 0.279 e. The molecule has 0 saturated carbocycles. The molecule has 0 radical (unpaired) electrons. The highest BCUT2D eigenvalue weighted by molar-refractivity contribution is 5.97. The molecule has 0 aromatic heterocycles. The number of nitro benzene ring substituents is 2. The number of carbonyl (C=O) groups is 1. The molecule has 0 aliphatic carbocycles. The van der Waals surface area contributed by atoms with Crippen LogP contribution in [0.3, 0.4) is 0 Å². The number of non-ortho nitro benzene ring substituents is 1. The van der Waals surface area contributed by atoms with E-state index >= 15 is 0 Å². The van der Waals surface area contributed by atoms with Crippen molar-refractivity contribution in [3.05, 3.63) is 79.1 Å². The maximum atomic E-state index is 14.0. The van der Waals surface area contributed by atoms with Crippen LogP contribution in [0.2, 0.25) is 0 Å². The first kappa shape index (κ1) is 20.0. The Labute approximate surface area is 154 Å². The average molecular weight is 375 g/mol. The molecule has 0 spiro atoms. The van der Waals surface area contributed by atoms with Gasteiger partial charge >= 0.3 is 0 Å². The van der Waals surface area contributed by atoms with Crippen LogP contribution in [0.25, 0.3) is 0 Å². The first-order valence-electron chi connectivity index (χ1n) is 8.01. The first-order chi connectivity index (χ1) is 12.5. The van der Waals surface area contributed by atoms with E-state index in [9.17, 15) is 29.4 Å². The van der Waals surface area contributed by atoms with Crippen molar-refractivity contribution in [1.29, 1.82) is 0 Å². The molecule has 0 unspecified atom stereocenters. The second-order valence-corrected chi connectivity index (χ2v) is 6.70. The van der Waals surface area contributed by atoms with Crippen LogP contribution >= 0.6 is 0 Å². The van der Waals surface area contributed by atoms with Gasteiger partial charge in [0.25, 0.3) is 17.3 Å². The summed E-state index contributed by atoms with van der Waals surface area (Å²) in [7, 11) is 0. The summed E-state index contributed by atoms with van der Waals surface area (Å²) < 4.78 is 14.0. The Balaban J connectivity index is 2.32. The van der Waals surface area contributed by atoms with Crippen molar-refractivity contribution in [3.63, 3.8) is 0 Å². The fourth-order valence-electron chi connectivity index (χ4n) is 2.72. The zero-order chi connectivity index (χ0) is 20.4. The molecule has 2 aromatic rings. The SMILES string of the molecule is Cc1c(C(=O)NCC(C)(C)c2ccccc2F)cc([N+](=O)[O-])cc1[N+](=O)[O-]. The molecular weight excluding hydrogens is 357 g/mol. The Morgan fingerprint density at radius 2 is 1.78 bits per heavy atom. The third-order valence-electron chi connectivity index (χ3n) is 4.31. The molecule has 0 aliphatic heterocycles. The third kappa shape index (κ3) is 4.25. The Bertz CT molecular complexity index is 927. The number of nitrogens with one attached hydrogen (secondary N) is 1. The van der Waals surface area contributed by atoms with Crippen molar-refractivity contribution in [1.82, 2.24) is 5.32 Å². The van der Waals surface area contributed by atoms with Gasteiger partial charge in [0.15, 0.2) is 0 Å². The van der Waals surface area contributed by atoms with E-state index in [0.717, 1.165) is 12.1 Å². The maximum Gasteiger partial charge on any atom is 0.279 e. The summed E-state index contributed by atoms with van der Waals surface area (Å²) in [6, 6.07) is 7.95. The molecule has 0 atom stereocenters. The molecule has 2 rings (SSSR count). The number of halogens is 1. The predicted octanol–water partition coefficient (Wildman–Crippen LogP) is 3.66. The minimum absolute atomic E-state index is 0.0202. The number of hydrogen-bond acceptors (Lipinski definition) is 5. The number of amides is 1. The van der Waals surface area contributed by atoms with Gasteiger partial charge in [0.2, 0.25) is 0 Å². The molecule has 0 aliphatic rings. The molecule has 0 heterocycles. The molecule has 27 heavy (non-hydrogen) atoms. The summed E-state index contributed by atoms with van der Waals surface area (Å²) in [5.41, 5.74) is -1.57. The molecule has 1 N–H and O–H groups in total. The Kier molecular flexibility index (Phi) is 5.53. The number of benzene rings is 2. The second-order valence-electron chi connectivity index (χ2n) is 6.70. The summed E-state index contributed by atoms with van der Waals surface area (Å²) >= 11 is 0. The summed E-state index contributed by atoms with van der Waals surface area (Å²) in [5.74, 6) is -1.12. The van der Waals surface area contributed by atoms with E-state index in [0.29, 0.717) is 5.56 Å². The van der Waals surface area contributed by atoms with Crippen molar-refractivity contribution < 1.29 is 19.0 Å². The van der Waals surface area contributed by atoms with Gasteiger partial charge in [0, 0.05) is 23.6 Å². The van der Waals surface area contributed by atoms with Crippen LogP contribution in [0.4, 0.5) is 15.8 Å². The van der Waals surface area contributed by atoms with Gasteiger partial charge in [-0.1, -0.05) is 32.0 Å². The number of hydrogen-bond donors (Lipinski definition) is 1. The molecule has 0 bridgehead atoms. The lowest BCUT2D eigenvalue weighted by Gasteiger charge is -2.26. The molecule has 0 fully saturated rings. The number of nitro groups is 2. The van der Waals surface area contributed by atoms with Crippen LogP contribution in [0.15, 0.2) is 36.4 Å². The van der Waals surface area contributed by atoms with Crippen molar-refractivity contribution in [2.45, 2.75) is 26.2 Å². The van der Waals surface area contributed by atoms with Gasteiger partial charge in [0.05, 0.1) is 21.5 Å². The molecule has 1 amide bonds. The molecule has 8 nitrogen and oxygen atoms in total. The number of rotatable bonds is 6. The van der Waals surface area contributed by atoms with E-state index in [1.165, 1.54) is 13.0 Å². The molecule has 2 aromatic carbocycles. The second kappa shape index (κ2) is 7.48. The topological polar surface area (TPSA) is 115 Å². The molecular formula is C18H18FN3O5. The van der Waals surface area contributed by atoms with Crippen molar-refractivity contribution in [2.24, 2.45) is 0 Å². The minimum Gasteiger partial charge on any atom is -0.351 e. The fraction of sp³-hybridized carbons (Fsp3) is 0.278. The Morgan fingerprint density at radius 1 is 1.15 bits per heavy atom. The monoisotopic (exact) mass is 375 g/mol. The minimum atomic E-state index is -0.799. The van der Waals surface area contributed by atoms with Gasteiger partial charge in [-0.25, -0.2) is 4.39 Å². The standard InChI is InChI=1S/C18H18FN3O5/c1-11-13(8-12(21(24)25)9-16(11)22(26)27)17(23)20-10-18(2,3)14-6-4-5-7-15(14)19/h4-9H,10H2,1-3H3,(H,20,23). The van der Waals surface area contributed by atoms with Crippen molar-refractivity contribution in [3.8, 4) is 0 Å². The summed E-state index contributed by atoms with van der Waals surface area (Å²) in [6.07, 6.45) is 0. The van der Waals surface area contributed by atoms with Gasteiger partial charge in [-0.2, -0.15) is 0 Å². The predicted molar refractivity (Wildman–Crippen MR) is 96.2 cm³/mol. The Hall–Kier alpha value is -3.36. The van der Waals surface area contributed by atoms with Gasteiger partial charge in [0.1, 0.15) is 5.82 Å². The number of nitrogens with zero attached hydrogens (tertiary/aromatic N) is 2. The zero-order valence-electron chi connectivity index (χ0n) is 15.0. The van der Waals surface area contributed by atoms with Crippen LogP contribution in [-0.4, -0.2) is 22.3 Å². The van der Waals surface area contributed by atoms with Gasteiger partial charge in [-0.3, -0.25) is 25.0 Å². The lowest BCUT2D eigenvalue weighted by atomic mass is 9.84. The quantitative estimate of drug-likeness (QED) is 0.611. The van der Waals surface area contributed by atoms with Crippen LogP contribution in [0, 0.1) is 33.0 Å². The average Bonchev–Trinajstić information content (AvgIpc) is 2.59. The third-order valence-corrected chi connectivity index (χ3v) is 4.31. The van der Waals surface area contributed by atoms with Crippen molar-refractivity contribution >= 4 is 17.3 Å². The highest BCUT2D eigenvalue weighted by Crippen LogP contribution is 2.29. The van der Waals surface area contributed by atoms with E-state index < -0.39 is 38.4 Å². The zero-order valence-corrected chi connectivity index (χ0v) is 15.0. The van der Waals surface area contributed by atoms with Gasteiger partial charge in [-0.15, -0.1) is 0 Å². The lowest BCUT2D eigenvalue weighted by molar-refractivity contribution is -0.394. The highest BCUT2D eigenvalue weighted by Gasteiger charge is 2.28. The van der Waals surface area contributed by atoms with Crippen LogP contribution < -0.4 is 5.32 Å². The van der Waals surface area contributed by atoms with E-state index in [4.69, 9.17) is 0 Å². The summed E-state index contributed by atoms with van der Waals surface area (Å²) in [6.45, 7) is 4.84. The van der Waals surface area contributed by atoms with Crippen molar-refractivity contribution in [2.75, 3.05) is 6.54 Å².